The van der Waals surface area contributed by atoms with E-state index in [-0.39, 0.29) is 11.4 Å². The minimum atomic E-state index is -0.236. The van der Waals surface area contributed by atoms with Crippen LogP contribution in [0.3, 0.4) is 0 Å². The Morgan fingerprint density at radius 2 is 2.00 bits per heavy atom. The summed E-state index contributed by atoms with van der Waals surface area (Å²) in [5.74, 6) is -0.0173. The number of aryl methyl sites for hydroxylation is 2. The molecular formula is C16H20ClNO2. The molecule has 0 radical (unpaired) electrons. The SMILES string of the molecule is Cc1cc2occ(CC(=O)NC(C)(C)C)c2c(C)c1Cl. The molecule has 2 aromatic rings. The molecule has 1 aromatic heterocycles. The van der Waals surface area contributed by atoms with E-state index in [1.807, 2.05) is 40.7 Å². The first-order valence-electron chi connectivity index (χ1n) is 6.66. The van der Waals surface area contributed by atoms with E-state index in [9.17, 15) is 4.79 Å². The van der Waals surface area contributed by atoms with Gasteiger partial charge in [0.05, 0.1) is 12.7 Å². The van der Waals surface area contributed by atoms with Crippen molar-refractivity contribution in [2.24, 2.45) is 0 Å². The first-order valence-corrected chi connectivity index (χ1v) is 7.03. The highest BCUT2D eigenvalue weighted by molar-refractivity contribution is 6.33. The molecule has 108 valence electrons. The highest BCUT2D eigenvalue weighted by Crippen LogP contribution is 2.32. The lowest BCUT2D eigenvalue weighted by Gasteiger charge is -2.20. The number of fused-ring (bicyclic) bond motifs is 1. The molecule has 20 heavy (non-hydrogen) atoms. The standard InChI is InChI=1S/C16H20ClNO2/c1-9-6-12-14(10(2)15(9)17)11(8-20-12)7-13(19)18-16(3,4)5/h6,8H,7H2,1-5H3,(H,18,19). The van der Waals surface area contributed by atoms with Gasteiger partial charge in [-0.25, -0.2) is 0 Å². The fourth-order valence-electron chi connectivity index (χ4n) is 2.37. The summed E-state index contributed by atoms with van der Waals surface area (Å²) in [6, 6.07) is 1.91. The van der Waals surface area contributed by atoms with Crippen molar-refractivity contribution in [3.05, 3.63) is 34.0 Å². The van der Waals surface area contributed by atoms with Gasteiger partial charge in [0, 0.05) is 21.5 Å². The minimum Gasteiger partial charge on any atom is -0.464 e. The molecular weight excluding hydrogens is 274 g/mol. The quantitative estimate of drug-likeness (QED) is 0.903. The van der Waals surface area contributed by atoms with Crippen LogP contribution in [-0.4, -0.2) is 11.4 Å². The molecule has 4 heteroatoms. The number of rotatable bonds is 2. The summed E-state index contributed by atoms with van der Waals surface area (Å²) in [5.41, 5.74) is 3.37. The zero-order chi connectivity index (χ0) is 15.1. The van der Waals surface area contributed by atoms with Gasteiger partial charge in [-0.1, -0.05) is 11.6 Å². The fourth-order valence-corrected chi connectivity index (χ4v) is 2.52. The van der Waals surface area contributed by atoms with E-state index >= 15 is 0 Å². The second kappa shape index (κ2) is 5.13. The number of furan rings is 1. The van der Waals surface area contributed by atoms with Crippen molar-refractivity contribution in [2.75, 3.05) is 0 Å². The van der Waals surface area contributed by atoms with Gasteiger partial charge in [0.1, 0.15) is 5.58 Å². The van der Waals surface area contributed by atoms with E-state index in [0.29, 0.717) is 6.42 Å². The average Bonchev–Trinajstić information content (AvgIpc) is 2.66. The lowest BCUT2D eigenvalue weighted by atomic mass is 10.0. The van der Waals surface area contributed by atoms with Crippen LogP contribution in [0.1, 0.15) is 37.5 Å². The van der Waals surface area contributed by atoms with Crippen LogP contribution in [-0.2, 0) is 11.2 Å². The molecule has 0 aliphatic carbocycles. The third-order valence-corrected chi connectivity index (χ3v) is 3.74. The molecule has 0 atom stereocenters. The van der Waals surface area contributed by atoms with Gasteiger partial charge in [-0.15, -0.1) is 0 Å². The third-order valence-electron chi connectivity index (χ3n) is 3.16. The Morgan fingerprint density at radius 1 is 1.35 bits per heavy atom. The second-order valence-electron chi connectivity index (χ2n) is 6.24. The fraction of sp³-hybridized carbons (Fsp3) is 0.438. The molecule has 1 aromatic carbocycles. The lowest BCUT2D eigenvalue weighted by Crippen LogP contribution is -2.41. The Hall–Kier alpha value is -1.48. The van der Waals surface area contributed by atoms with Crippen LogP contribution in [0.5, 0.6) is 0 Å². The number of hydrogen-bond acceptors (Lipinski definition) is 2. The Balaban J connectivity index is 2.37. The zero-order valence-corrected chi connectivity index (χ0v) is 13.3. The van der Waals surface area contributed by atoms with E-state index in [0.717, 1.165) is 32.7 Å². The Morgan fingerprint density at radius 3 is 2.60 bits per heavy atom. The molecule has 1 N–H and O–H groups in total. The van der Waals surface area contributed by atoms with Crippen LogP contribution in [0.25, 0.3) is 11.0 Å². The number of carbonyl (C=O) groups is 1. The first-order chi connectivity index (χ1) is 9.19. The number of nitrogens with one attached hydrogen (secondary N) is 1. The summed E-state index contributed by atoms with van der Waals surface area (Å²) < 4.78 is 5.56. The summed E-state index contributed by atoms with van der Waals surface area (Å²) in [5, 5.41) is 4.64. The highest BCUT2D eigenvalue weighted by Gasteiger charge is 2.18. The smallest absolute Gasteiger partial charge is 0.224 e. The molecule has 0 bridgehead atoms. The van der Waals surface area contributed by atoms with E-state index < -0.39 is 0 Å². The van der Waals surface area contributed by atoms with Crippen LogP contribution < -0.4 is 5.32 Å². The van der Waals surface area contributed by atoms with Crippen molar-refractivity contribution >= 4 is 28.5 Å². The number of carbonyl (C=O) groups excluding carboxylic acids is 1. The lowest BCUT2D eigenvalue weighted by molar-refractivity contribution is -0.121. The molecule has 0 unspecified atom stereocenters. The third kappa shape index (κ3) is 2.98. The van der Waals surface area contributed by atoms with E-state index in [1.165, 1.54) is 0 Å². The molecule has 0 fully saturated rings. The first kappa shape index (κ1) is 14.9. The summed E-state index contributed by atoms with van der Waals surface area (Å²) in [7, 11) is 0. The Bertz CT molecular complexity index is 665. The molecule has 1 heterocycles. The number of amides is 1. The summed E-state index contributed by atoms with van der Waals surface area (Å²) in [6.45, 7) is 9.79. The van der Waals surface area contributed by atoms with Crippen LogP contribution in [0.2, 0.25) is 5.02 Å². The molecule has 3 nitrogen and oxygen atoms in total. The second-order valence-corrected chi connectivity index (χ2v) is 6.62. The molecule has 0 spiro atoms. The zero-order valence-electron chi connectivity index (χ0n) is 12.6. The van der Waals surface area contributed by atoms with Crippen molar-refractivity contribution < 1.29 is 9.21 Å². The molecule has 1 amide bonds. The topological polar surface area (TPSA) is 42.2 Å². The number of hydrogen-bond donors (Lipinski definition) is 1. The normalized spacial score (nSPS) is 11.9. The minimum absolute atomic E-state index is 0.0173. The van der Waals surface area contributed by atoms with Gasteiger partial charge < -0.3 is 9.73 Å². The van der Waals surface area contributed by atoms with Crippen molar-refractivity contribution in [2.45, 2.75) is 46.6 Å². The predicted octanol–water partition coefficient (Wildman–Crippen LogP) is 4.16. The van der Waals surface area contributed by atoms with Crippen molar-refractivity contribution in [3.63, 3.8) is 0 Å². The Kier molecular flexibility index (Phi) is 3.83. The molecule has 0 saturated carbocycles. The van der Waals surface area contributed by atoms with Gasteiger partial charge >= 0.3 is 0 Å². The van der Waals surface area contributed by atoms with Gasteiger partial charge in [0.15, 0.2) is 0 Å². The molecule has 0 aliphatic rings. The average molecular weight is 294 g/mol. The number of benzene rings is 1. The van der Waals surface area contributed by atoms with E-state index in [2.05, 4.69) is 5.32 Å². The van der Waals surface area contributed by atoms with Crippen molar-refractivity contribution in [1.82, 2.24) is 5.32 Å². The van der Waals surface area contributed by atoms with Gasteiger partial charge in [-0.2, -0.15) is 0 Å². The van der Waals surface area contributed by atoms with Gasteiger partial charge in [0.25, 0.3) is 0 Å². The van der Waals surface area contributed by atoms with Crippen molar-refractivity contribution in [1.29, 1.82) is 0 Å². The monoisotopic (exact) mass is 293 g/mol. The number of halogens is 1. The van der Waals surface area contributed by atoms with Crippen LogP contribution in [0.4, 0.5) is 0 Å². The van der Waals surface area contributed by atoms with Gasteiger partial charge in [-0.05, 0) is 51.8 Å². The van der Waals surface area contributed by atoms with Gasteiger partial charge in [0.2, 0.25) is 5.91 Å². The van der Waals surface area contributed by atoms with Crippen molar-refractivity contribution in [3.8, 4) is 0 Å². The Labute approximate surface area is 124 Å². The summed E-state index contributed by atoms with van der Waals surface area (Å²) >= 11 is 6.29. The maximum atomic E-state index is 12.0. The summed E-state index contributed by atoms with van der Waals surface area (Å²) in [4.78, 5) is 12.0. The largest absolute Gasteiger partial charge is 0.464 e. The molecule has 2 rings (SSSR count). The maximum absolute atomic E-state index is 12.0. The van der Waals surface area contributed by atoms with E-state index in [4.69, 9.17) is 16.0 Å². The van der Waals surface area contributed by atoms with Gasteiger partial charge in [-0.3, -0.25) is 4.79 Å². The summed E-state index contributed by atoms with van der Waals surface area (Å²) in [6.07, 6.45) is 1.94. The van der Waals surface area contributed by atoms with Crippen LogP contribution in [0, 0.1) is 13.8 Å². The predicted molar refractivity (Wildman–Crippen MR) is 82.3 cm³/mol. The maximum Gasteiger partial charge on any atom is 0.224 e. The highest BCUT2D eigenvalue weighted by atomic mass is 35.5. The van der Waals surface area contributed by atoms with Crippen LogP contribution in [0.15, 0.2) is 16.7 Å². The molecule has 0 aliphatic heterocycles. The van der Waals surface area contributed by atoms with E-state index in [1.54, 1.807) is 6.26 Å². The molecule has 0 saturated heterocycles. The van der Waals surface area contributed by atoms with Crippen LogP contribution >= 0.6 is 11.6 Å².